The molecule has 2 heterocycles. The minimum Gasteiger partial charge on any atom is -0.490 e. The maximum Gasteiger partial charge on any atom is 0.206 e. The predicted molar refractivity (Wildman–Crippen MR) is 92.0 cm³/mol. The molecule has 0 saturated carbocycles. The van der Waals surface area contributed by atoms with Gasteiger partial charge in [-0.2, -0.15) is 0 Å². The van der Waals surface area contributed by atoms with Crippen LogP contribution in [0.1, 0.15) is 28.6 Å². The van der Waals surface area contributed by atoms with Gasteiger partial charge in [0.05, 0.1) is 12.6 Å². The number of benzene rings is 2. The predicted octanol–water partition coefficient (Wildman–Crippen LogP) is 4.34. The molecule has 1 N–H and O–H groups in total. The normalized spacial score (nSPS) is 16.2. The maximum atomic E-state index is 13.9. The molecule has 0 fully saturated rings. The molecule has 4 nitrogen and oxygen atoms in total. The minimum atomic E-state index is -0.349. The van der Waals surface area contributed by atoms with Crippen LogP contribution >= 0.6 is 11.3 Å². The van der Waals surface area contributed by atoms with Crippen LogP contribution in [0.4, 0.5) is 13.9 Å². The van der Waals surface area contributed by atoms with Crippen LogP contribution in [0.25, 0.3) is 0 Å². The number of halogens is 2. The van der Waals surface area contributed by atoms with E-state index < -0.39 is 0 Å². The van der Waals surface area contributed by atoms with Crippen LogP contribution in [0.3, 0.4) is 0 Å². The van der Waals surface area contributed by atoms with Gasteiger partial charge < -0.3 is 10.1 Å². The Balaban J connectivity index is 1.49. The summed E-state index contributed by atoms with van der Waals surface area (Å²) in [6.07, 6.45) is 1.32. The Kier molecular flexibility index (Phi) is 4.31. The molecule has 0 unspecified atom stereocenters. The third-order valence-corrected chi connectivity index (χ3v) is 4.91. The van der Waals surface area contributed by atoms with Gasteiger partial charge in [0.1, 0.15) is 10.8 Å². The lowest BCUT2D eigenvalue weighted by Gasteiger charge is -2.26. The van der Waals surface area contributed by atoms with Crippen molar-refractivity contribution in [3.05, 3.63) is 70.2 Å². The van der Waals surface area contributed by atoms with Gasteiger partial charge >= 0.3 is 0 Å². The second-order valence-electron chi connectivity index (χ2n) is 5.80. The van der Waals surface area contributed by atoms with Crippen LogP contribution < -0.4 is 10.1 Å². The molecule has 1 atom stereocenters. The number of hydrogen-bond donors (Lipinski definition) is 1. The summed E-state index contributed by atoms with van der Waals surface area (Å²) in [4.78, 5) is 0. The summed E-state index contributed by atoms with van der Waals surface area (Å²) in [6, 6.07) is 11.2. The highest BCUT2D eigenvalue weighted by Gasteiger charge is 2.24. The number of nitrogens with zero attached hydrogens (tertiary/aromatic N) is 2. The van der Waals surface area contributed by atoms with E-state index in [9.17, 15) is 8.78 Å². The fourth-order valence-electron chi connectivity index (χ4n) is 2.85. The summed E-state index contributed by atoms with van der Waals surface area (Å²) >= 11 is 1.44. The Morgan fingerprint density at radius 1 is 1.12 bits per heavy atom. The van der Waals surface area contributed by atoms with E-state index in [0.29, 0.717) is 23.9 Å². The first-order valence-electron chi connectivity index (χ1n) is 7.93. The number of fused-ring (bicyclic) bond motifs is 1. The third kappa shape index (κ3) is 3.46. The van der Waals surface area contributed by atoms with Crippen molar-refractivity contribution in [3.63, 3.8) is 0 Å². The SMILES string of the molecule is Fc1ccc(Cc2nnc(N[C@H]3CCOc4c(F)cccc43)s2)cc1. The smallest absolute Gasteiger partial charge is 0.206 e. The summed E-state index contributed by atoms with van der Waals surface area (Å²) in [6.45, 7) is 0.451. The Morgan fingerprint density at radius 2 is 1.96 bits per heavy atom. The molecule has 0 saturated heterocycles. The van der Waals surface area contributed by atoms with Gasteiger partial charge in [0.25, 0.3) is 0 Å². The quantitative estimate of drug-likeness (QED) is 0.753. The van der Waals surface area contributed by atoms with Crippen molar-refractivity contribution in [1.82, 2.24) is 10.2 Å². The van der Waals surface area contributed by atoms with Crippen LogP contribution in [0.5, 0.6) is 5.75 Å². The number of rotatable bonds is 4. The van der Waals surface area contributed by atoms with Gasteiger partial charge in [-0.3, -0.25) is 0 Å². The third-order valence-electron chi connectivity index (χ3n) is 4.06. The van der Waals surface area contributed by atoms with E-state index in [1.165, 1.54) is 29.5 Å². The van der Waals surface area contributed by atoms with Crippen LogP contribution in [0.2, 0.25) is 0 Å². The van der Waals surface area contributed by atoms with Gasteiger partial charge in [0.15, 0.2) is 11.6 Å². The van der Waals surface area contributed by atoms with Crippen molar-refractivity contribution in [2.75, 3.05) is 11.9 Å². The molecule has 1 aromatic heterocycles. The van der Waals surface area contributed by atoms with E-state index >= 15 is 0 Å². The first-order chi connectivity index (χ1) is 12.2. The van der Waals surface area contributed by atoms with Gasteiger partial charge in [-0.05, 0) is 23.8 Å². The Hall–Kier alpha value is -2.54. The van der Waals surface area contributed by atoms with Gasteiger partial charge in [-0.1, -0.05) is 35.6 Å². The first kappa shape index (κ1) is 16.0. The van der Waals surface area contributed by atoms with Gasteiger partial charge in [-0.25, -0.2) is 8.78 Å². The lowest BCUT2D eigenvalue weighted by molar-refractivity contribution is 0.260. The zero-order chi connectivity index (χ0) is 17.2. The summed E-state index contributed by atoms with van der Waals surface area (Å²) in [5.74, 6) is -0.297. The summed E-state index contributed by atoms with van der Waals surface area (Å²) in [7, 11) is 0. The van der Waals surface area contributed by atoms with Crippen molar-refractivity contribution >= 4 is 16.5 Å². The van der Waals surface area contributed by atoms with Crippen molar-refractivity contribution < 1.29 is 13.5 Å². The average molecular weight is 359 g/mol. The molecule has 1 aliphatic heterocycles. The standard InChI is InChI=1S/C18H15F2N3OS/c19-12-6-4-11(5-7-12)10-16-22-23-18(25-16)21-15-8-9-24-17-13(15)2-1-3-14(17)20/h1-7,15H,8-10H2,(H,21,23)/t15-/m0/s1. The topological polar surface area (TPSA) is 47.0 Å². The van der Waals surface area contributed by atoms with Gasteiger partial charge in [0.2, 0.25) is 5.13 Å². The van der Waals surface area contributed by atoms with Gasteiger partial charge in [0, 0.05) is 18.4 Å². The van der Waals surface area contributed by atoms with Crippen molar-refractivity contribution in [2.24, 2.45) is 0 Å². The number of ether oxygens (including phenoxy) is 1. The fourth-order valence-corrected chi connectivity index (χ4v) is 3.67. The lowest BCUT2D eigenvalue weighted by Crippen LogP contribution is -2.21. The molecule has 25 heavy (non-hydrogen) atoms. The molecule has 1 aliphatic rings. The molecule has 0 amide bonds. The number of nitrogens with one attached hydrogen (secondary N) is 1. The Morgan fingerprint density at radius 3 is 2.80 bits per heavy atom. The molecule has 0 radical (unpaired) electrons. The molecule has 3 aromatic rings. The van der Waals surface area contributed by atoms with E-state index in [0.717, 1.165) is 22.6 Å². The van der Waals surface area contributed by atoms with Crippen LogP contribution in [0, 0.1) is 11.6 Å². The molecular formula is C18H15F2N3OS. The zero-order valence-corrected chi connectivity index (χ0v) is 14.0. The lowest BCUT2D eigenvalue weighted by atomic mass is 10.0. The molecule has 4 rings (SSSR count). The number of para-hydroxylation sites is 1. The van der Waals surface area contributed by atoms with E-state index in [-0.39, 0.29) is 17.7 Å². The Labute approximate surface area is 147 Å². The molecule has 0 spiro atoms. The molecular weight excluding hydrogens is 344 g/mol. The van der Waals surface area contributed by atoms with E-state index in [1.807, 2.05) is 6.07 Å². The number of anilines is 1. The highest BCUT2D eigenvalue weighted by atomic mass is 32.1. The highest BCUT2D eigenvalue weighted by molar-refractivity contribution is 7.15. The summed E-state index contributed by atoms with van der Waals surface area (Å²) < 4.78 is 32.3. The van der Waals surface area contributed by atoms with Crippen molar-refractivity contribution in [2.45, 2.75) is 18.9 Å². The van der Waals surface area contributed by atoms with E-state index in [2.05, 4.69) is 15.5 Å². The minimum absolute atomic E-state index is 0.0638. The van der Waals surface area contributed by atoms with E-state index in [1.54, 1.807) is 18.2 Å². The van der Waals surface area contributed by atoms with Crippen LogP contribution in [0.15, 0.2) is 42.5 Å². The molecule has 0 aliphatic carbocycles. The monoisotopic (exact) mass is 359 g/mol. The summed E-state index contributed by atoms with van der Waals surface area (Å²) in [5.41, 5.74) is 1.77. The number of hydrogen-bond acceptors (Lipinski definition) is 5. The van der Waals surface area contributed by atoms with Gasteiger partial charge in [-0.15, -0.1) is 10.2 Å². The second kappa shape index (κ2) is 6.76. The Bertz CT molecular complexity index is 882. The van der Waals surface area contributed by atoms with Crippen LogP contribution in [-0.4, -0.2) is 16.8 Å². The molecule has 128 valence electrons. The maximum absolute atomic E-state index is 13.9. The summed E-state index contributed by atoms with van der Waals surface area (Å²) in [5, 5.41) is 13.2. The van der Waals surface area contributed by atoms with E-state index in [4.69, 9.17) is 4.74 Å². The largest absolute Gasteiger partial charge is 0.490 e. The zero-order valence-electron chi connectivity index (χ0n) is 13.2. The first-order valence-corrected chi connectivity index (χ1v) is 8.75. The highest BCUT2D eigenvalue weighted by Crippen LogP contribution is 2.36. The number of aromatic nitrogens is 2. The fraction of sp³-hybridized carbons (Fsp3) is 0.222. The molecule has 2 aromatic carbocycles. The second-order valence-corrected chi connectivity index (χ2v) is 6.86. The van der Waals surface area contributed by atoms with Crippen molar-refractivity contribution in [3.8, 4) is 5.75 Å². The molecule has 7 heteroatoms. The average Bonchev–Trinajstić information content (AvgIpc) is 3.05. The molecule has 0 bridgehead atoms. The van der Waals surface area contributed by atoms with Crippen molar-refractivity contribution in [1.29, 1.82) is 0 Å². The van der Waals surface area contributed by atoms with Crippen LogP contribution in [-0.2, 0) is 6.42 Å².